The lowest BCUT2D eigenvalue weighted by Crippen LogP contribution is -2.16. The summed E-state index contributed by atoms with van der Waals surface area (Å²) >= 11 is 13.4. The average Bonchev–Trinajstić information content (AvgIpc) is 2.16. The molecule has 0 atom stereocenters. The van der Waals surface area contributed by atoms with Gasteiger partial charge in [0.25, 0.3) is 0 Å². The lowest BCUT2D eigenvalue weighted by molar-refractivity contribution is 0.648. The minimum absolute atomic E-state index is 0.867. The zero-order valence-corrected chi connectivity index (χ0v) is 12.7. The summed E-state index contributed by atoms with van der Waals surface area (Å²) < 4.78 is 1.77. The second kappa shape index (κ2) is 8.38. The molecular weight excluding hydrogens is 264 g/mol. The van der Waals surface area contributed by atoms with E-state index in [2.05, 4.69) is 6.08 Å². The van der Waals surface area contributed by atoms with Crippen molar-refractivity contribution in [3.05, 3.63) is 11.5 Å². The maximum atomic E-state index is 5.13. The fourth-order valence-electron chi connectivity index (χ4n) is 0.500. The van der Waals surface area contributed by atoms with Gasteiger partial charge in [-0.3, -0.25) is 0 Å². The van der Waals surface area contributed by atoms with Crippen molar-refractivity contribution < 1.29 is 0 Å². The molecule has 0 aromatic heterocycles. The van der Waals surface area contributed by atoms with E-state index >= 15 is 0 Å². The van der Waals surface area contributed by atoms with Gasteiger partial charge in [-0.25, -0.2) is 0 Å². The number of rotatable bonds is 3. The fraction of sp³-hybridized carbons (Fsp3) is 0.556. The summed E-state index contributed by atoms with van der Waals surface area (Å²) in [6.45, 7) is 0. The Balaban J connectivity index is 3.64. The molecule has 0 N–H and O–H groups in total. The monoisotopic (exact) mass is 280 g/mol. The molecule has 0 unspecified atom stereocenters. The summed E-state index contributed by atoms with van der Waals surface area (Å²) in [5.74, 6) is 0.889. The minimum Gasteiger partial charge on any atom is -0.364 e. The van der Waals surface area contributed by atoms with E-state index in [-0.39, 0.29) is 0 Å². The Morgan fingerprint density at radius 3 is 2.07 bits per heavy atom. The van der Waals surface area contributed by atoms with Crippen LogP contribution in [0.5, 0.6) is 0 Å². The molecule has 0 amide bonds. The normalized spacial score (nSPS) is 10.4. The SMILES string of the molecule is CN(C)C(=S)S/C=C/CSC(=S)N(C)C. The van der Waals surface area contributed by atoms with E-state index in [1.54, 1.807) is 23.5 Å². The van der Waals surface area contributed by atoms with E-state index in [1.807, 2.05) is 43.4 Å². The summed E-state index contributed by atoms with van der Waals surface area (Å²) in [5.41, 5.74) is 0. The van der Waals surface area contributed by atoms with E-state index in [9.17, 15) is 0 Å². The van der Waals surface area contributed by atoms with E-state index in [4.69, 9.17) is 24.4 Å². The molecule has 0 saturated heterocycles. The molecule has 0 aromatic rings. The van der Waals surface area contributed by atoms with Gasteiger partial charge in [-0.05, 0) is 5.41 Å². The van der Waals surface area contributed by atoms with E-state index in [0.717, 1.165) is 14.4 Å². The van der Waals surface area contributed by atoms with Crippen LogP contribution >= 0.6 is 48.0 Å². The average molecular weight is 281 g/mol. The first kappa shape index (κ1) is 15.2. The van der Waals surface area contributed by atoms with Crippen LogP contribution in [0.4, 0.5) is 0 Å². The Hall–Kier alpha value is 0.220. The number of hydrogen-bond donors (Lipinski definition) is 0. The standard InChI is InChI=1S/C9H16N2S4/c1-10(2)8(12)14-6-5-7-15-9(13)11(3)4/h5-6H,7H2,1-4H3/b6-5+. The van der Waals surface area contributed by atoms with Crippen LogP contribution in [-0.4, -0.2) is 52.4 Å². The molecule has 0 radical (unpaired) electrons. The van der Waals surface area contributed by atoms with Gasteiger partial charge in [0.05, 0.1) is 0 Å². The van der Waals surface area contributed by atoms with Crippen molar-refractivity contribution in [2.24, 2.45) is 0 Å². The molecule has 0 spiro atoms. The zero-order valence-electron chi connectivity index (χ0n) is 9.39. The highest BCUT2D eigenvalue weighted by Crippen LogP contribution is 2.11. The van der Waals surface area contributed by atoms with E-state index in [1.165, 1.54) is 0 Å². The van der Waals surface area contributed by atoms with Gasteiger partial charge in [0.15, 0.2) is 0 Å². The maximum absolute atomic E-state index is 5.13. The van der Waals surface area contributed by atoms with Crippen molar-refractivity contribution in [3.63, 3.8) is 0 Å². The summed E-state index contributed by atoms with van der Waals surface area (Å²) in [6, 6.07) is 0. The van der Waals surface area contributed by atoms with Crippen LogP contribution < -0.4 is 0 Å². The highest BCUT2D eigenvalue weighted by Gasteiger charge is 1.97. The van der Waals surface area contributed by atoms with Gasteiger partial charge in [0, 0.05) is 33.9 Å². The highest BCUT2D eigenvalue weighted by molar-refractivity contribution is 8.25. The smallest absolute Gasteiger partial charge is 0.140 e. The van der Waals surface area contributed by atoms with Gasteiger partial charge in [0.1, 0.15) is 8.64 Å². The largest absolute Gasteiger partial charge is 0.364 e. The van der Waals surface area contributed by atoms with Crippen molar-refractivity contribution in [2.75, 3.05) is 33.9 Å². The van der Waals surface area contributed by atoms with Crippen LogP contribution in [0.3, 0.4) is 0 Å². The molecule has 0 rings (SSSR count). The zero-order chi connectivity index (χ0) is 11.8. The summed E-state index contributed by atoms with van der Waals surface area (Å²) in [7, 11) is 7.79. The molecule has 0 heterocycles. The molecule has 0 bridgehead atoms. The first-order valence-electron chi connectivity index (χ1n) is 4.32. The lowest BCUT2D eigenvalue weighted by atomic mass is 10.8. The third-order valence-electron chi connectivity index (χ3n) is 1.30. The third kappa shape index (κ3) is 8.07. The molecule has 0 aliphatic rings. The molecule has 0 aromatic carbocycles. The Kier molecular flexibility index (Phi) is 8.50. The lowest BCUT2D eigenvalue weighted by Gasteiger charge is -2.11. The van der Waals surface area contributed by atoms with Gasteiger partial charge in [-0.2, -0.15) is 0 Å². The van der Waals surface area contributed by atoms with Crippen LogP contribution in [0.1, 0.15) is 0 Å². The second-order valence-electron chi connectivity index (χ2n) is 3.12. The van der Waals surface area contributed by atoms with Gasteiger partial charge in [-0.1, -0.05) is 54.0 Å². The highest BCUT2D eigenvalue weighted by atomic mass is 32.2. The van der Waals surface area contributed by atoms with Crippen molar-refractivity contribution >= 4 is 56.6 Å². The van der Waals surface area contributed by atoms with Crippen molar-refractivity contribution in [1.29, 1.82) is 0 Å². The molecule has 2 nitrogen and oxygen atoms in total. The van der Waals surface area contributed by atoms with Crippen LogP contribution in [0.15, 0.2) is 11.5 Å². The van der Waals surface area contributed by atoms with Gasteiger partial charge < -0.3 is 9.80 Å². The van der Waals surface area contributed by atoms with Crippen LogP contribution in [0.2, 0.25) is 0 Å². The molecule has 0 saturated carbocycles. The van der Waals surface area contributed by atoms with Crippen molar-refractivity contribution in [2.45, 2.75) is 0 Å². The Morgan fingerprint density at radius 2 is 1.60 bits per heavy atom. The number of thiocarbonyl (C=S) groups is 2. The van der Waals surface area contributed by atoms with Gasteiger partial charge >= 0.3 is 0 Å². The van der Waals surface area contributed by atoms with Crippen LogP contribution in [0, 0.1) is 0 Å². The predicted molar refractivity (Wildman–Crippen MR) is 81.8 cm³/mol. The second-order valence-corrected chi connectivity index (χ2v) is 6.31. The quantitative estimate of drug-likeness (QED) is 0.728. The van der Waals surface area contributed by atoms with Crippen molar-refractivity contribution in [3.8, 4) is 0 Å². The van der Waals surface area contributed by atoms with Gasteiger partial charge in [-0.15, -0.1) is 0 Å². The van der Waals surface area contributed by atoms with E-state index < -0.39 is 0 Å². The molecule has 0 aliphatic heterocycles. The summed E-state index contributed by atoms with van der Waals surface area (Å²) in [6.07, 6.45) is 2.07. The molecule has 15 heavy (non-hydrogen) atoms. The fourth-order valence-corrected chi connectivity index (χ4v) is 2.11. The Labute approximate surface area is 111 Å². The first-order chi connectivity index (χ1) is 6.95. The van der Waals surface area contributed by atoms with Crippen LogP contribution in [0.25, 0.3) is 0 Å². The number of thioether (sulfide) groups is 2. The Bertz CT molecular complexity index is 248. The van der Waals surface area contributed by atoms with Crippen molar-refractivity contribution in [1.82, 2.24) is 9.80 Å². The molecule has 86 valence electrons. The van der Waals surface area contributed by atoms with Crippen LogP contribution in [-0.2, 0) is 0 Å². The number of hydrogen-bond acceptors (Lipinski definition) is 4. The Morgan fingerprint density at radius 1 is 1.07 bits per heavy atom. The van der Waals surface area contributed by atoms with E-state index in [0.29, 0.717) is 0 Å². The molecule has 0 aliphatic carbocycles. The number of nitrogens with zero attached hydrogens (tertiary/aromatic N) is 2. The van der Waals surface area contributed by atoms with Gasteiger partial charge in [0.2, 0.25) is 0 Å². The first-order valence-corrected chi connectivity index (χ1v) is 7.00. The summed E-state index contributed by atoms with van der Waals surface area (Å²) in [5, 5.41) is 2.01. The predicted octanol–water partition coefficient (Wildman–Crippen LogP) is 2.66. The molecule has 6 heteroatoms. The third-order valence-corrected chi connectivity index (χ3v) is 4.54. The topological polar surface area (TPSA) is 6.48 Å². The maximum Gasteiger partial charge on any atom is 0.140 e. The molecule has 0 fully saturated rings. The molecular formula is C9H16N2S4. The summed E-state index contributed by atoms with van der Waals surface area (Å²) in [4.78, 5) is 3.85. The minimum atomic E-state index is 0.867.